The molecule has 0 aliphatic rings. The zero-order valence-corrected chi connectivity index (χ0v) is 13.6. The number of benzene rings is 1. The first kappa shape index (κ1) is 16.5. The van der Waals surface area contributed by atoms with Gasteiger partial charge in [-0.1, -0.05) is 28.9 Å². The highest BCUT2D eigenvalue weighted by molar-refractivity contribution is 9.10. The smallest absolute Gasteiger partial charge is 0.153 e. The third kappa shape index (κ3) is 5.50. The van der Waals surface area contributed by atoms with Gasteiger partial charge in [0.25, 0.3) is 0 Å². The van der Waals surface area contributed by atoms with Gasteiger partial charge >= 0.3 is 0 Å². The monoisotopic (exact) mass is 349 g/mol. The van der Waals surface area contributed by atoms with Gasteiger partial charge in [0.1, 0.15) is 12.4 Å². The molecule has 19 heavy (non-hydrogen) atoms. The van der Waals surface area contributed by atoms with E-state index in [-0.39, 0.29) is 24.2 Å². The number of rotatable bonds is 7. The van der Waals surface area contributed by atoms with Gasteiger partial charge in [-0.3, -0.25) is 0 Å². The molecular formula is C13H20BrNO3S. The van der Waals surface area contributed by atoms with Crippen LogP contribution < -0.4 is 10.5 Å². The van der Waals surface area contributed by atoms with Gasteiger partial charge in [-0.2, -0.15) is 0 Å². The molecule has 1 unspecified atom stereocenters. The molecule has 4 nitrogen and oxygen atoms in total. The summed E-state index contributed by atoms with van der Waals surface area (Å²) >= 11 is 3.36. The van der Waals surface area contributed by atoms with Crippen molar-refractivity contribution in [1.29, 1.82) is 0 Å². The topological polar surface area (TPSA) is 69.4 Å². The van der Waals surface area contributed by atoms with Crippen LogP contribution in [0.3, 0.4) is 0 Å². The maximum Gasteiger partial charge on any atom is 0.153 e. The molecule has 0 aromatic heterocycles. The first-order valence-corrected chi connectivity index (χ1v) is 8.85. The minimum absolute atomic E-state index is 0.0335. The standard InChI is InChI=1S/C13H20BrNO3S/c1-3-7-19(16,17)8-6-18-13-9-11(14)4-5-12(13)10(2)15/h4-5,9-10H,3,6-8,15H2,1-2H3. The van der Waals surface area contributed by atoms with Crippen molar-refractivity contribution in [3.8, 4) is 5.75 Å². The van der Waals surface area contributed by atoms with E-state index in [4.69, 9.17) is 10.5 Å². The van der Waals surface area contributed by atoms with Crippen LogP contribution in [0.15, 0.2) is 22.7 Å². The lowest BCUT2D eigenvalue weighted by Gasteiger charge is -2.14. The molecule has 1 aromatic carbocycles. The highest BCUT2D eigenvalue weighted by Crippen LogP contribution is 2.27. The molecule has 6 heteroatoms. The predicted octanol–water partition coefficient (Wildman–Crippen LogP) is 2.67. The summed E-state index contributed by atoms with van der Waals surface area (Å²) in [5, 5.41) is 0. The van der Waals surface area contributed by atoms with Crippen molar-refractivity contribution < 1.29 is 13.2 Å². The van der Waals surface area contributed by atoms with Crippen LogP contribution in [0.25, 0.3) is 0 Å². The van der Waals surface area contributed by atoms with Gasteiger partial charge in [-0.25, -0.2) is 8.42 Å². The van der Waals surface area contributed by atoms with Gasteiger partial charge in [0.2, 0.25) is 0 Å². The zero-order valence-electron chi connectivity index (χ0n) is 11.2. The van der Waals surface area contributed by atoms with Crippen LogP contribution in [-0.4, -0.2) is 26.5 Å². The highest BCUT2D eigenvalue weighted by Gasteiger charge is 2.12. The summed E-state index contributed by atoms with van der Waals surface area (Å²) in [4.78, 5) is 0. The molecule has 0 saturated heterocycles. The summed E-state index contributed by atoms with van der Waals surface area (Å²) < 4.78 is 29.6. The van der Waals surface area contributed by atoms with Crippen molar-refractivity contribution in [3.05, 3.63) is 28.2 Å². The minimum Gasteiger partial charge on any atom is -0.492 e. The third-order valence-electron chi connectivity index (χ3n) is 2.63. The molecule has 108 valence electrons. The van der Waals surface area contributed by atoms with Gasteiger partial charge < -0.3 is 10.5 Å². The van der Waals surface area contributed by atoms with Crippen molar-refractivity contribution in [2.75, 3.05) is 18.1 Å². The van der Waals surface area contributed by atoms with Crippen LogP contribution in [0.5, 0.6) is 5.75 Å². The summed E-state index contributed by atoms with van der Waals surface area (Å²) in [6, 6.07) is 5.42. The Morgan fingerprint density at radius 1 is 1.37 bits per heavy atom. The molecule has 0 heterocycles. The van der Waals surface area contributed by atoms with Gasteiger partial charge in [0.05, 0.1) is 11.5 Å². The first-order valence-electron chi connectivity index (χ1n) is 6.24. The lowest BCUT2D eigenvalue weighted by molar-refractivity contribution is 0.335. The predicted molar refractivity (Wildman–Crippen MR) is 81.2 cm³/mol. The fraction of sp³-hybridized carbons (Fsp3) is 0.538. The molecule has 2 N–H and O–H groups in total. The number of nitrogens with two attached hydrogens (primary N) is 1. The molecular weight excluding hydrogens is 330 g/mol. The van der Waals surface area contributed by atoms with Gasteiger partial charge in [0.15, 0.2) is 9.84 Å². The normalized spacial score (nSPS) is 13.3. The van der Waals surface area contributed by atoms with E-state index in [0.29, 0.717) is 12.2 Å². The molecule has 0 amide bonds. The maximum atomic E-state index is 11.6. The lowest BCUT2D eigenvalue weighted by Crippen LogP contribution is -2.17. The summed E-state index contributed by atoms with van der Waals surface area (Å²) in [6.45, 7) is 3.86. The molecule has 0 bridgehead atoms. The Labute approximate surface area is 123 Å². The molecule has 0 saturated carbocycles. The minimum atomic E-state index is -3.01. The summed E-state index contributed by atoms with van der Waals surface area (Å²) in [5.41, 5.74) is 6.73. The van der Waals surface area contributed by atoms with Crippen LogP contribution in [-0.2, 0) is 9.84 Å². The van der Waals surface area contributed by atoms with E-state index < -0.39 is 9.84 Å². The largest absolute Gasteiger partial charge is 0.492 e. The Morgan fingerprint density at radius 2 is 2.05 bits per heavy atom. The van der Waals surface area contributed by atoms with Crippen LogP contribution in [0.2, 0.25) is 0 Å². The SMILES string of the molecule is CCCS(=O)(=O)CCOc1cc(Br)ccc1C(C)N. The Balaban J connectivity index is 2.70. The van der Waals surface area contributed by atoms with Crippen molar-refractivity contribution in [1.82, 2.24) is 0 Å². The molecule has 1 rings (SSSR count). The second kappa shape index (κ2) is 7.26. The maximum absolute atomic E-state index is 11.6. The quantitative estimate of drug-likeness (QED) is 0.821. The zero-order chi connectivity index (χ0) is 14.5. The van der Waals surface area contributed by atoms with Crippen molar-refractivity contribution in [3.63, 3.8) is 0 Å². The fourth-order valence-electron chi connectivity index (χ4n) is 1.70. The van der Waals surface area contributed by atoms with E-state index in [1.807, 2.05) is 32.0 Å². The number of sulfone groups is 1. The van der Waals surface area contributed by atoms with E-state index in [1.165, 1.54) is 0 Å². The van der Waals surface area contributed by atoms with Gasteiger partial charge in [-0.15, -0.1) is 0 Å². The van der Waals surface area contributed by atoms with Gasteiger partial charge in [0, 0.05) is 16.1 Å². The molecule has 0 radical (unpaired) electrons. The Morgan fingerprint density at radius 3 is 2.63 bits per heavy atom. The summed E-state index contributed by atoms with van der Waals surface area (Å²) in [7, 11) is -3.01. The van der Waals surface area contributed by atoms with Crippen molar-refractivity contribution in [2.45, 2.75) is 26.3 Å². The van der Waals surface area contributed by atoms with E-state index in [0.717, 1.165) is 10.0 Å². The Bertz CT molecular complexity index is 515. The first-order chi connectivity index (χ1) is 8.85. The second-order valence-electron chi connectivity index (χ2n) is 4.47. The average Bonchev–Trinajstić information content (AvgIpc) is 2.28. The van der Waals surface area contributed by atoms with Crippen molar-refractivity contribution >= 4 is 25.8 Å². The average molecular weight is 350 g/mol. The molecule has 0 aliphatic carbocycles. The van der Waals surface area contributed by atoms with Crippen LogP contribution in [0, 0.1) is 0 Å². The second-order valence-corrected chi connectivity index (χ2v) is 7.69. The van der Waals surface area contributed by atoms with E-state index >= 15 is 0 Å². The van der Waals surface area contributed by atoms with Crippen LogP contribution in [0.1, 0.15) is 31.9 Å². The number of hydrogen-bond acceptors (Lipinski definition) is 4. The lowest BCUT2D eigenvalue weighted by atomic mass is 10.1. The van der Waals surface area contributed by atoms with Crippen LogP contribution >= 0.6 is 15.9 Å². The fourth-order valence-corrected chi connectivity index (χ4v) is 3.20. The highest BCUT2D eigenvalue weighted by atomic mass is 79.9. The van der Waals surface area contributed by atoms with E-state index in [1.54, 1.807) is 0 Å². The van der Waals surface area contributed by atoms with Crippen molar-refractivity contribution in [2.24, 2.45) is 5.73 Å². The molecule has 1 atom stereocenters. The molecule has 1 aromatic rings. The third-order valence-corrected chi connectivity index (χ3v) is 4.95. The summed E-state index contributed by atoms with van der Waals surface area (Å²) in [5.74, 6) is 0.872. The number of ether oxygens (including phenoxy) is 1. The van der Waals surface area contributed by atoms with E-state index in [2.05, 4.69) is 15.9 Å². The number of halogens is 1. The summed E-state index contributed by atoms with van der Waals surface area (Å²) in [6.07, 6.45) is 0.629. The Kier molecular flexibility index (Phi) is 6.29. The molecule has 0 spiro atoms. The van der Waals surface area contributed by atoms with Crippen LogP contribution in [0.4, 0.5) is 0 Å². The number of hydrogen-bond donors (Lipinski definition) is 1. The molecule has 0 aliphatic heterocycles. The molecule has 0 fully saturated rings. The van der Waals surface area contributed by atoms with Gasteiger partial charge in [-0.05, 0) is 25.5 Å². The van der Waals surface area contributed by atoms with E-state index in [9.17, 15) is 8.42 Å². The Hall–Kier alpha value is -0.590.